The normalized spacial score (nSPS) is 22.7. The van der Waals surface area contributed by atoms with E-state index in [0.717, 1.165) is 35.3 Å². The fourth-order valence-electron chi connectivity index (χ4n) is 4.43. The van der Waals surface area contributed by atoms with Gasteiger partial charge in [0, 0.05) is 23.9 Å². The maximum atomic E-state index is 12.7. The number of aliphatic carboxylic acids is 1. The summed E-state index contributed by atoms with van der Waals surface area (Å²) in [6.45, 7) is 0. The number of carboxylic acid groups (broad SMARTS) is 1. The average Bonchev–Trinajstić information content (AvgIpc) is 3.25. The molecule has 0 amide bonds. The van der Waals surface area contributed by atoms with Crippen LogP contribution in [0.5, 0.6) is 5.75 Å². The summed E-state index contributed by atoms with van der Waals surface area (Å²) in [7, 11) is -3.42. The third-order valence-corrected chi connectivity index (χ3v) is 7.20. The zero-order valence-corrected chi connectivity index (χ0v) is 16.9. The van der Waals surface area contributed by atoms with E-state index in [0.29, 0.717) is 12.8 Å². The SMILES string of the molecule is O=C(O)CCc1cccc2c1OC1CCC(NS(=O)(=O)CCc3ccccc3)C21. The highest BCUT2D eigenvalue weighted by molar-refractivity contribution is 7.89. The number of rotatable bonds is 8. The number of sulfonamides is 1. The van der Waals surface area contributed by atoms with Crippen LogP contribution in [0.25, 0.3) is 0 Å². The van der Waals surface area contributed by atoms with E-state index in [-0.39, 0.29) is 30.2 Å². The molecule has 0 aromatic heterocycles. The number of hydrogen-bond donors (Lipinski definition) is 2. The van der Waals surface area contributed by atoms with Gasteiger partial charge < -0.3 is 9.84 Å². The van der Waals surface area contributed by atoms with Gasteiger partial charge in [0.05, 0.1) is 5.75 Å². The summed E-state index contributed by atoms with van der Waals surface area (Å²) in [6.07, 6.45) is 2.39. The quantitative estimate of drug-likeness (QED) is 0.692. The molecule has 2 aromatic rings. The molecule has 1 saturated carbocycles. The van der Waals surface area contributed by atoms with E-state index in [1.807, 2.05) is 48.5 Å². The second-order valence-corrected chi connectivity index (χ2v) is 9.64. The lowest BCUT2D eigenvalue weighted by Crippen LogP contribution is -2.39. The van der Waals surface area contributed by atoms with Gasteiger partial charge in [-0.3, -0.25) is 4.79 Å². The van der Waals surface area contributed by atoms with Crippen molar-refractivity contribution in [1.82, 2.24) is 4.72 Å². The zero-order valence-electron chi connectivity index (χ0n) is 16.1. The summed E-state index contributed by atoms with van der Waals surface area (Å²) < 4.78 is 34.4. The van der Waals surface area contributed by atoms with Crippen molar-refractivity contribution in [2.75, 3.05) is 5.75 Å². The maximum Gasteiger partial charge on any atom is 0.303 e. The predicted octanol–water partition coefficient (Wildman–Crippen LogP) is 2.87. The van der Waals surface area contributed by atoms with Crippen molar-refractivity contribution in [2.24, 2.45) is 0 Å². The summed E-state index contributed by atoms with van der Waals surface area (Å²) >= 11 is 0. The largest absolute Gasteiger partial charge is 0.489 e. The Balaban J connectivity index is 1.47. The van der Waals surface area contributed by atoms with Gasteiger partial charge >= 0.3 is 5.97 Å². The Morgan fingerprint density at radius 3 is 2.62 bits per heavy atom. The summed E-state index contributed by atoms with van der Waals surface area (Å²) in [5.41, 5.74) is 2.87. The standard InChI is InChI=1S/C22H25NO5S/c24-20(25)12-9-16-7-4-8-17-21-18(10-11-19(21)28-22(16)17)23-29(26,27)14-13-15-5-2-1-3-6-15/h1-8,18-19,21,23H,9-14H2,(H,24,25). The first-order valence-corrected chi connectivity index (χ1v) is 11.6. The molecule has 2 N–H and O–H groups in total. The number of nitrogens with one attached hydrogen (secondary N) is 1. The number of fused-ring (bicyclic) bond motifs is 3. The first-order chi connectivity index (χ1) is 13.9. The Kier molecular flexibility index (Phi) is 5.61. The number of hydrogen-bond acceptors (Lipinski definition) is 4. The highest BCUT2D eigenvalue weighted by Crippen LogP contribution is 2.48. The van der Waals surface area contributed by atoms with Crippen LogP contribution in [0.3, 0.4) is 0 Å². The Hall–Kier alpha value is -2.38. The van der Waals surface area contributed by atoms with Gasteiger partial charge in [0.25, 0.3) is 0 Å². The maximum absolute atomic E-state index is 12.7. The molecule has 2 aliphatic rings. The highest BCUT2D eigenvalue weighted by Gasteiger charge is 2.46. The molecule has 7 heteroatoms. The molecule has 3 atom stereocenters. The van der Waals surface area contributed by atoms with Crippen molar-refractivity contribution in [2.45, 2.75) is 50.2 Å². The third kappa shape index (κ3) is 4.46. The lowest BCUT2D eigenvalue weighted by atomic mass is 9.92. The van der Waals surface area contributed by atoms with Crippen LogP contribution in [0.1, 0.15) is 41.9 Å². The zero-order chi connectivity index (χ0) is 20.4. The second-order valence-electron chi connectivity index (χ2n) is 7.77. The highest BCUT2D eigenvalue weighted by atomic mass is 32.2. The molecule has 154 valence electrons. The molecule has 6 nitrogen and oxygen atoms in total. The first kappa shape index (κ1) is 19.9. The minimum atomic E-state index is -3.42. The number of para-hydroxylation sites is 1. The lowest BCUT2D eigenvalue weighted by molar-refractivity contribution is -0.136. The van der Waals surface area contributed by atoms with Crippen molar-refractivity contribution in [1.29, 1.82) is 0 Å². The monoisotopic (exact) mass is 415 g/mol. The molecular weight excluding hydrogens is 390 g/mol. The molecule has 29 heavy (non-hydrogen) atoms. The van der Waals surface area contributed by atoms with Crippen LogP contribution >= 0.6 is 0 Å². The van der Waals surface area contributed by atoms with Crippen molar-refractivity contribution >= 4 is 16.0 Å². The van der Waals surface area contributed by atoms with Crippen LogP contribution in [0.2, 0.25) is 0 Å². The Bertz CT molecular complexity index is 990. The average molecular weight is 416 g/mol. The van der Waals surface area contributed by atoms with Gasteiger partial charge in [-0.2, -0.15) is 0 Å². The molecule has 1 aliphatic heterocycles. The van der Waals surface area contributed by atoms with Crippen LogP contribution in [-0.2, 0) is 27.7 Å². The number of carboxylic acids is 1. The number of aryl methyl sites for hydroxylation is 2. The molecular formula is C22H25NO5S. The van der Waals surface area contributed by atoms with Crippen LogP contribution in [-0.4, -0.2) is 37.4 Å². The molecule has 0 saturated heterocycles. The number of benzene rings is 2. The van der Waals surface area contributed by atoms with Gasteiger partial charge in [-0.1, -0.05) is 48.5 Å². The Labute approximate surface area is 171 Å². The minimum Gasteiger partial charge on any atom is -0.489 e. The van der Waals surface area contributed by atoms with Gasteiger partial charge in [-0.25, -0.2) is 13.1 Å². The van der Waals surface area contributed by atoms with E-state index in [2.05, 4.69) is 4.72 Å². The van der Waals surface area contributed by atoms with Gasteiger partial charge in [0.15, 0.2) is 0 Å². The molecule has 1 aliphatic carbocycles. The lowest BCUT2D eigenvalue weighted by Gasteiger charge is -2.19. The minimum absolute atomic E-state index is 0.0266. The molecule has 2 aromatic carbocycles. The van der Waals surface area contributed by atoms with Crippen LogP contribution < -0.4 is 9.46 Å². The molecule has 0 spiro atoms. The first-order valence-electron chi connectivity index (χ1n) is 9.97. The summed E-state index contributed by atoms with van der Waals surface area (Å²) in [5, 5.41) is 8.97. The van der Waals surface area contributed by atoms with E-state index < -0.39 is 16.0 Å². The van der Waals surface area contributed by atoms with E-state index >= 15 is 0 Å². The van der Waals surface area contributed by atoms with Gasteiger partial charge in [0.1, 0.15) is 11.9 Å². The molecule has 0 bridgehead atoms. The Morgan fingerprint density at radius 1 is 1.07 bits per heavy atom. The van der Waals surface area contributed by atoms with Crippen LogP contribution in [0.15, 0.2) is 48.5 Å². The number of carbonyl (C=O) groups is 1. The summed E-state index contributed by atoms with van der Waals surface area (Å²) in [4.78, 5) is 10.9. The predicted molar refractivity (Wildman–Crippen MR) is 110 cm³/mol. The van der Waals surface area contributed by atoms with Crippen molar-refractivity contribution < 1.29 is 23.1 Å². The Morgan fingerprint density at radius 2 is 1.86 bits per heavy atom. The van der Waals surface area contributed by atoms with E-state index in [4.69, 9.17) is 9.84 Å². The molecule has 4 rings (SSSR count). The van der Waals surface area contributed by atoms with Gasteiger partial charge in [0.2, 0.25) is 10.0 Å². The fraction of sp³-hybridized carbons (Fsp3) is 0.409. The number of ether oxygens (including phenoxy) is 1. The fourth-order valence-corrected chi connectivity index (χ4v) is 5.78. The smallest absolute Gasteiger partial charge is 0.303 e. The summed E-state index contributed by atoms with van der Waals surface area (Å²) in [5.74, 6) is -0.0693. The summed E-state index contributed by atoms with van der Waals surface area (Å²) in [6, 6.07) is 15.2. The van der Waals surface area contributed by atoms with Gasteiger partial charge in [-0.05, 0) is 36.8 Å². The van der Waals surface area contributed by atoms with E-state index in [1.54, 1.807) is 0 Å². The molecule has 3 unspecified atom stereocenters. The van der Waals surface area contributed by atoms with E-state index in [9.17, 15) is 13.2 Å². The molecule has 1 heterocycles. The molecule has 0 radical (unpaired) electrons. The van der Waals surface area contributed by atoms with Crippen molar-refractivity contribution in [3.05, 3.63) is 65.2 Å². The van der Waals surface area contributed by atoms with E-state index in [1.165, 1.54) is 0 Å². The van der Waals surface area contributed by atoms with Crippen molar-refractivity contribution in [3.63, 3.8) is 0 Å². The van der Waals surface area contributed by atoms with Crippen LogP contribution in [0, 0.1) is 0 Å². The topological polar surface area (TPSA) is 92.7 Å². The third-order valence-electron chi connectivity index (χ3n) is 5.79. The molecule has 1 fully saturated rings. The van der Waals surface area contributed by atoms with Crippen LogP contribution in [0.4, 0.5) is 0 Å². The van der Waals surface area contributed by atoms with Gasteiger partial charge in [-0.15, -0.1) is 0 Å². The second kappa shape index (κ2) is 8.16. The van der Waals surface area contributed by atoms with Crippen molar-refractivity contribution in [3.8, 4) is 5.75 Å².